The Bertz CT molecular complexity index is 1820. The lowest BCUT2D eigenvalue weighted by atomic mass is 10.1. The Morgan fingerprint density at radius 2 is 1.75 bits per heavy atom. The third-order valence-corrected chi connectivity index (χ3v) is 7.28. The molecule has 7 rings (SSSR count). The predicted molar refractivity (Wildman–Crippen MR) is 155 cm³/mol. The van der Waals surface area contributed by atoms with E-state index in [9.17, 15) is 4.79 Å². The van der Waals surface area contributed by atoms with Crippen LogP contribution in [-0.2, 0) is 11.2 Å². The molecule has 0 atom stereocenters. The fourth-order valence-electron chi connectivity index (χ4n) is 5.29. The van der Waals surface area contributed by atoms with Crippen LogP contribution < -0.4 is 10.2 Å². The minimum Gasteiger partial charge on any atom is -0.368 e. The quantitative estimate of drug-likeness (QED) is 0.273. The second-order valence-corrected chi connectivity index (χ2v) is 10.1. The highest BCUT2D eigenvalue weighted by Crippen LogP contribution is 2.32. The Morgan fingerprint density at radius 1 is 0.925 bits per heavy atom. The predicted octanol–water partition coefficient (Wildman–Crippen LogP) is 5.13. The van der Waals surface area contributed by atoms with Crippen molar-refractivity contribution in [3.8, 4) is 22.6 Å². The average Bonchev–Trinajstić information content (AvgIpc) is 3.62. The lowest BCUT2D eigenvalue weighted by Gasteiger charge is -2.28. The fourth-order valence-corrected chi connectivity index (χ4v) is 5.29. The lowest BCUT2D eigenvalue weighted by Crippen LogP contribution is -2.29. The molecule has 1 amide bonds. The highest BCUT2D eigenvalue weighted by Gasteiger charge is 2.19. The molecule has 1 fully saturated rings. The number of carbonyl (C=O) groups excluding carboxylic acids is 1. The molecule has 1 aromatic carbocycles. The molecule has 0 aliphatic carbocycles. The molecule has 0 saturated carbocycles. The van der Waals surface area contributed by atoms with Crippen LogP contribution in [0.5, 0.6) is 0 Å². The summed E-state index contributed by atoms with van der Waals surface area (Å²) >= 11 is 0. The van der Waals surface area contributed by atoms with Crippen molar-refractivity contribution in [2.75, 3.05) is 23.3 Å². The number of anilines is 2. The largest absolute Gasteiger partial charge is 0.368 e. The van der Waals surface area contributed by atoms with Crippen LogP contribution in [0, 0.1) is 0 Å². The standard InChI is InChI=1S/C30H27N9O/c40-26(11-19-7-3-1-4-8-19)34-22-12-20(14-31-16-22)21-13-23-27(37-38-29(23)33-15-21)30-35-24-17-32-18-25(28(24)36-30)39-9-5-2-6-10-39/h1,3-4,7-8,12-18H,2,5-6,9-11H2,(H,34,40)(H,35,36)(H,33,37,38). The zero-order valence-electron chi connectivity index (χ0n) is 21.8. The summed E-state index contributed by atoms with van der Waals surface area (Å²) in [6.45, 7) is 2.03. The molecule has 0 bridgehead atoms. The van der Waals surface area contributed by atoms with Gasteiger partial charge >= 0.3 is 0 Å². The first kappa shape index (κ1) is 24.0. The van der Waals surface area contributed by atoms with Crippen LogP contribution in [-0.4, -0.2) is 54.1 Å². The number of pyridine rings is 3. The number of carbonyl (C=O) groups is 1. The van der Waals surface area contributed by atoms with Crippen molar-refractivity contribution in [1.82, 2.24) is 35.1 Å². The van der Waals surface area contributed by atoms with Crippen LogP contribution in [0.3, 0.4) is 0 Å². The van der Waals surface area contributed by atoms with Crippen molar-refractivity contribution in [2.24, 2.45) is 0 Å². The second kappa shape index (κ2) is 10.2. The molecule has 1 saturated heterocycles. The summed E-state index contributed by atoms with van der Waals surface area (Å²) in [5.74, 6) is 0.585. The summed E-state index contributed by atoms with van der Waals surface area (Å²) in [6.07, 6.45) is 12.8. The molecule has 198 valence electrons. The molecule has 0 unspecified atom stereocenters. The Hall–Kier alpha value is -5.12. The molecule has 0 radical (unpaired) electrons. The minimum atomic E-state index is -0.0980. The molecular weight excluding hydrogens is 502 g/mol. The summed E-state index contributed by atoms with van der Waals surface area (Å²) in [7, 11) is 0. The highest BCUT2D eigenvalue weighted by atomic mass is 16.1. The molecule has 1 aliphatic rings. The molecular formula is C30H27N9O. The summed E-state index contributed by atoms with van der Waals surface area (Å²) < 4.78 is 0. The summed E-state index contributed by atoms with van der Waals surface area (Å²) in [5.41, 5.74) is 7.46. The van der Waals surface area contributed by atoms with Gasteiger partial charge in [0.1, 0.15) is 11.2 Å². The number of H-pyrrole nitrogens is 2. The number of hydrogen-bond donors (Lipinski definition) is 3. The van der Waals surface area contributed by atoms with Gasteiger partial charge < -0.3 is 15.2 Å². The van der Waals surface area contributed by atoms with Crippen molar-refractivity contribution in [3.05, 3.63) is 79.0 Å². The number of imidazole rings is 1. The second-order valence-electron chi connectivity index (χ2n) is 10.1. The van der Waals surface area contributed by atoms with E-state index in [1.165, 1.54) is 19.3 Å². The maximum Gasteiger partial charge on any atom is 0.228 e. The van der Waals surface area contributed by atoms with Crippen LogP contribution >= 0.6 is 0 Å². The van der Waals surface area contributed by atoms with Crippen molar-refractivity contribution < 1.29 is 4.79 Å². The monoisotopic (exact) mass is 529 g/mol. The molecule has 6 aromatic rings. The van der Waals surface area contributed by atoms with E-state index in [1.54, 1.807) is 18.6 Å². The van der Waals surface area contributed by atoms with Gasteiger partial charge in [0.15, 0.2) is 11.5 Å². The SMILES string of the molecule is O=C(Cc1ccccc1)Nc1cncc(-c2cnc3n[nH]c(-c4nc5c(N6CCCCC6)cncc5[nH]4)c3c2)c1. The lowest BCUT2D eigenvalue weighted by molar-refractivity contribution is -0.115. The van der Waals surface area contributed by atoms with Crippen LogP contribution in [0.1, 0.15) is 24.8 Å². The number of aromatic amines is 2. The van der Waals surface area contributed by atoms with Crippen molar-refractivity contribution >= 4 is 39.3 Å². The molecule has 3 N–H and O–H groups in total. The van der Waals surface area contributed by atoms with Gasteiger partial charge in [-0.1, -0.05) is 30.3 Å². The number of hydrogen-bond acceptors (Lipinski definition) is 7. The van der Waals surface area contributed by atoms with Gasteiger partial charge in [-0.05, 0) is 37.0 Å². The molecule has 40 heavy (non-hydrogen) atoms. The van der Waals surface area contributed by atoms with Gasteiger partial charge in [0.25, 0.3) is 0 Å². The van der Waals surface area contributed by atoms with Gasteiger partial charge in [-0.2, -0.15) is 5.10 Å². The van der Waals surface area contributed by atoms with E-state index in [2.05, 4.69) is 40.3 Å². The number of benzene rings is 1. The summed E-state index contributed by atoms with van der Waals surface area (Å²) in [6, 6.07) is 13.6. The number of piperidine rings is 1. The fraction of sp³-hybridized carbons (Fsp3) is 0.200. The zero-order chi connectivity index (χ0) is 26.9. The van der Waals surface area contributed by atoms with Gasteiger partial charge in [-0.15, -0.1) is 0 Å². The summed E-state index contributed by atoms with van der Waals surface area (Å²) in [4.78, 5) is 36.7. The number of rotatable bonds is 6. The topological polar surface area (TPSA) is 128 Å². The average molecular weight is 530 g/mol. The highest BCUT2D eigenvalue weighted by molar-refractivity contribution is 5.96. The number of amides is 1. The molecule has 6 heterocycles. The van der Waals surface area contributed by atoms with E-state index in [-0.39, 0.29) is 5.91 Å². The van der Waals surface area contributed by atoms with Crippen LogP contribution in [0.2, 0.25) is 0 Å². The number of nitrogens with one attached hydrogen (secondary N) is 3. The van der Waals surface area contributed by atoms with E-state index in [1.807, 2.05) is 54.9 Å². The Labute approximate surface area is 229 Å². The van der Waals surface area contributed by atoms with E-state index in [0.29, 0.717) is 23.6 Å². The zero-order valence-corrected chi connectivity index (χ0v) is 21.8. The first-order chi connectivity index (χ1) is 19.7. The molecule has 10 nitrogen and oxygen atoms in total. The van der Waals surface area contributed by atoms with Crippen LogP contribution in [0.25, 0.3) is 44.7 Å². The maximum atomic E-state index is 12.6. The van der Waals surface area contributed by atoms with Crippen LogP contribution in [0.15, 0.2) is 73.4 Å². The third-order valence-electron chi connectivity index (χ3n) is 7.28. The first-order valence-corrected chi connectivity index (χ1v) is 13.4. The number of fused-ring (bicyclic) bond motifs is 2. The molecule has 0 spiro atoms. The first-order valence-electron chi connectivity index (χ1n) is 13.4. The van der Waals surface area contributed by atoms with E-state index < -0.39 is 0 Å². The van der Waals surface area contributed by atoms with Crippen molar-refractivity contribution in [1.29, 1.82) is 0 Å². The van der Waals surface area contributed by atoms with Gasteiger partial charge in [0, 0.05) is 36.6 Å². The normalized spacial score (nSPS) is 13.7. The maximum absolute atomic E-state index is 12.6. The Kier molecular flexibility index (Phi) is 6.12. The minimum absolute atomic E-state index is 0.0980. The Balaban J connectivity index is 1.19. The van der Waals surface area contributed by atoms with E-state index >= 15 is 0 Å². The molecule has 1 aliphatic heterocycles. The van der Waals surface area contributed by atoms with Gasteiger partial charge in [0.2, 0.25) is 5.91 Å². The van der Waals surface area contributed by atoms with Gasteiger partial charge in [-0.3, -0.25) is 19.9 Å². The van der Waals surface area contributed by atoms with Gasteiger partial charge in [-0.25, -0.2) is 9.97 Å². The van der Waals surface area contributed by atoms with Crippen molar-refractivity contribution in [3.63, 3.8) is 0 Å². The summed E-state index contributed by atoms with van der Waals surface area (Å²) in [5, 5.41) is 11.3. The number of nitrogens with zero attached hydrogens (tertiary/aromatic N) is 6. The number of aromatic nitrogens is 7. The smallest absolute Gasteiger partial charge is 0.228 e. The third kappa shape index (κ3) is 4.64. The molecule has 10 heteroatoms. The van der Waals surface area contributed by atoms with Crippen LogP contribution in [0.4, 0.5) is 11.4 Å². The van der Waals surface area contributed by atoms with E-state index in [0.717, 1.165) is 57.6 Å². The van der Waals surface area contributed by atoms with E-state index in [4.69, 9.17) is 4.98 Å². The molecule has 5 aromatic heterocycles. The van der Waals surface area contributed by atoms with Crippen molar-refractivity contribution in [2.45, 2.75) is 25.7 Å². The van der Waals surface area contributed by atoms with Gasteiger partial charge in [0.05, 0.1) is 47.3 Å². The Morgan fingerprint density at radius 3 is 2.62 bits per heavy atom.